The van der Waals surface area contributed by atoms with E-state index in [4.69, 9.17) is 4.74 Å². The number of nitrogens with one attached hydrogen (secondary N) is 1. The Balaban J connectivity index is 1.35. The second-order valence-corrected chi connectivity index (χ2v) is 6.83. The van der Waals surface area contributed by atoms with Gasteiger partial charge in [0, 0.05) is 36.8 Å². The van der Waals surface area contributed by atoms with Crippen LogP contribution in [0.5, 0.6) is 0 Å². The van der Waals surface area contributed by atoms with Crippen molar-refractivity contribution in [3.05, 3.63) is 36.0 Å². The first-order valence-electron chi connectivity index (χ1n) is 8.76. The molecule has 0 saturated carbocycles. The van der Waals surface area contributed by atoms with Gasteiger partial charge in [-0.3, -0.25) is 4.79 Å². The molecule has 0 aliphatic carbocycles. The van der Waals surface area contributed by atoms with E-state index < -0.39 is 0 Å². The SMILES string of the molecule is O=C(C1CCCO1)N1CCC(Cc2c[nH]c3ccccc23)CC1. The van der Waals surface area contributed by atoms with E-state index in [2.05, 4.69) is 35.4 Å². The predicted molar refractivity (Wildman–Crippen MR) is 90.3 cm³/mol. The van der Waals surface area contributed by atoms with Crippen LogP contribution in [0.25, 0.3) is 10.9 Å². The van der Waals surface area contributed by atoms with Crippen LogP contribution in [0.1, 0.15) is 31.2 Å². The van der Waals surface area contributed by atoms with Gasteiger partial charge in [0.1, 0.15) is 6.10 Å². The third-order valence-corrected chi connectivity index (χ3v) is 5.31. The van der Waals surface area contributed by atoms with E-state index in [-0.39, 0.29) is 12.0 Å². The van der Waals surface area contributed by atoms with E-state index in [0.717, 1.165) is 51.8 Å². The molecule has 2 aliphatic rings. The summed E-state index contributed by atoms with van der Waals surface area (Å²) in [6, 6.07) is 8.49. The van der Waals surface area contributed by atoms with E-state index >= 15 is 0 Å². The van der Waals surface area contributed by atoms with Crippen LogP contribution >= 0.6 is 0 Å². The molecule has 0 radical (unpaired) electrons. The minimum Gasteiger partial charge on any atom is -0.368 e. The molecule has 0 bridgehead atoms. The fraction of sp³-hybridized carbons (Fsp3) is 0.526. The highest BCUT2D eigenvalue weighted by Crippen LogP contribution is 2.27. The Hall–Kier alpha value is -1.81. The van der Waals surface area contributed by atoms with Crippen LogP contribution in [0.4, 0.5) is 0 Å². The number of amides is 1. The molecule has 1 aromatic carbocycles. The molecular formula is C19H24N2O2. The summed E-state index contributed by atoms with van der Waals surface area (Å²) in [4.78, 5) is 17.8. The Morgan fingerprint density at radius 2 is 2.04 bits per heavy atom. The zero-order chi connectivity index (χ0) is 15.6. The van der Waals surface area contributed by atoms with Gasteiger partial charge in [0.2, 0.25) is 0 Å². The van der Waals surface area contributed by atoms with Crippen molar-refractivity contribution in [2.75, 3.05) is 19.7 Å². The number of para-hydroxylation sites is 1. The summed E-state index contributed by atoms with van der Waals surface area (Å²) in [5.74, 6) is 0.885. The Labute approximate surface area is 136 Å². The topological polar surface area (TPSA) is 45.3 Å². The van der Waals surface area contributed by atoms with E-state index in [1.807, 2.05) is 4.90 Å². The average Bonchev–Trinajstić information content (AvgIpc) is 3.25. The molecule has 1 amide bonds. The third-order valence-electron chi connectivity index (χ3n) is 5.31. The first kappa shape index (κ1) is 14.8. The van der Waals surface area contributed by atoms with Crippen LogP contribution in [-0.2, 0) is 16.0 Å². The van der Waals surface area contributed by atoms with Gasteiger partial charge in [-0.1, -0.05) is 18.2 Å². The maximum absolute atomic E-state index is 12.4. The number of H-pyrrole nitrogens is 1. The lowest BCUT2D eigenvalue weighted by atomic mass is 9.90. The number of piperidine rings is 1. The lowest BCUT2D eigenvalue weighted by Gasteiger charge is -2.33. The molecule has 1 atom stereocenters. The van der Waals surface area contributed by atoms with Gasteiger partial charge >= 0.3 is 0 Å². The summed E-state index contributed by atoms with van der Waals surface area (Å²) in [5, 5.41) is 1.34. The van der Waals surface area contributed by atoms with E-state index in [1.165, 1.54) is 16.5 Å². The van der Waals surface area contributed by atoms with Crippen LogP contribution in [-0.4, -0.2) is 41.6 Å². The molecule has 2 aliphatic heterocycles. The van der Waals surface area contributed by atoms with Crippen molar-refractivity contribution in [2.24, 2.45) is 5.92 Å². The van der Waals surface area contributed by atoms with Crippen LogP contribution in [0.3, 0.4) is 0 Å². The number of carbonyl (C=O) groups excluding carboxylic acids is 1. The lowest BCUT2D eigenvalue weighted by Crippen LogP contribution is -2.43. The summed E-state index contributed by atoms with van der Waals surface area (Å²) in [6.45, 7) is 2.50. The van der Waals surface area contributed by atoms with Crippen molar-refractivity contribution >= 4 is 16.8 Å². The number of likely N-dealkylation sites (tertiary alicyclic amines) is 1. The molecule has 2 aromatic rings. The molecule has 2 fully saturated rings. The number of benzene rings is 1. The van der Waals surface area contributed by atoms with Crippen molar-refractivity contribution in [3.63, 3.8) is 0 Å². The van der Waals surface area contributed by atoms with Gasteiger partial charge in [0.05, 0.1) is 0 Å². The number of aromatic nitrogens is 1. The van der Waals surface area contributed by atoms with Crippen LogP contribution in [0.2, 0.25) is 0 Å². The largest absolute Gasteiger partial charge is 0.368 e. The highest BCUT2D eigenvalue weighted by atomic mass is 16.5. The molecule has 4 rings (SSSR count). The summed E-state index contributed by atoms with van der Waals surface area (Å²) < 4.78 is 5.53. The van der Waals surface area contributed by atoms with Gasteiger partial charge in [0.25, 0.3) is 5.91 Å². The quantitative estimate of drug-likeness (QED) is 0.946. The minimum absolute atomic E-state index is 0.167. The van der Waals surface area contributed by atoms with Gasteiger partial charge in [-0.2, -0.15) is 0 Å². The number of fused-ring (bicyclic) bond motifs is 1. The van der Waals surface area contributed by atoms with Crippen molar-refractivity contribution in [1.82, 2.24) is 9.88 Å². The maximum Gasteiger partial charge on any atom is 0.251 e. The second-order valence-electron chi connectivity index (χ2n) is 6.83. The minimum atomic E-state index is -0.167. The molecule has 122 valence electrons. The van der Waals surface area contributed by atoms with Gasteiger partial charge in [-0.15, -0.1) is 0 Å². The summed E-state index contributed by atoms with van der Waals surface area (Å²) in [7, 11) is 0. The molecule has 1 N–H and O–H groups in total. The smallest absolute Gasteiger partial charge is 0.251 e. The monoisotopic (exact) mass is 312 g/mol. The van der Waals surface area contributed by atoms with E-state index in [9.17, 15) is 4.79 Å². The van der Waals surface area contributed by atoms with Gasteiger partial charge in [-0.05, 0) is 49.7 Å². The molecule has 23 heavy (non-hydrogen) atoms. The second kappa shape index (κ2) is 6.36. The highest BCUT2D eigenvalue weighted by molar-refractivity contribution is 5.83. The molecule has 4 heteroatoms. The predicted octanol–water partition coefficient (Wildman–Crippen LogP) is 3.13. The van der Waals surface area contributed by atoms with E-state index in [0.29, 0.717) is 5.92 Å². The Bertz CT molecular complexity index is 679. The number of rotatable bonds is 3. The average molecular weight is 312 g/mol. The van der Waals surface area contributed by atoms with E-state index in [1.54, 1.807) is 0 Å². The van der Waals surface area contributed by atoms with Crippen molar-refractivity contribution in [2.45, 2.75) is 38.2 Å². The number of hydrogen-bond donors (Lipinski definition) is 1. The number of ether oxygens (including phenoxy) is 1. The first-order valence-corrected chi connectivity index (χ1v) is 8.76. The van der Waals surface area contributed by atoms with Crippen molar-refractivity contribution < 1.29 is 9.53 Å². The zero-order valence-corrected chi connectivity index (χ0v) is 13.5. The fourth-order valence-corrected chi connectivity index (χ4v) is 3.95. The van der Waals surface area contributed by atoms with Crippen molar-refractivity contribution in [1.29, 1.82) is 0 Å². The van der Waals surface area contributed by atoms with Crippen molar-refractivity contribution in [3.8, 4) is 0 Å². The third kappa shape index (κ3) is 3.00. The van der Waals surface area contributed by atoms with Crippen LogP contribution in [0.15, 0.2) is 30.5 Å². The first-order chi connectivity index (χ1) is 11.3. The Morgan fingerprint density at radius 3 is 2.83 bits per heavy atom. The molecule has 1 unspecified atom stereocenters. The fourth-order valence-electron chi connectivity index (χ4n) is 3.95. The maximum atomic E-state index is 12.4. The standard InChI is InChI=1S/C19H24N2O2/c22-19(18-6-3-11-23-18)21-9-7-14(8-10-21)12-15-13-20-17-5-2-1-4-16(15)17/h1-2,4-5,13-14,18,20H,3,6-12H2. The number of nitrogens with zero attached hydrogens (tertiary/aromatic N) is 1. The lowest BCUT2D eigenvalue weighted by molar-refractivity contribution is -0.142. The van der Waals surface area contributed by atoms with Gasteiger partial charge in [-0.25, -0.2) is 0 Å². The summed E-state index contributed by atoms with van der Waals surface area (Å²) >= 11 is 0. The molecule has 0 spiro atoms. The molecule has 4 nitrogen and oxygen atoms in total. The number of aromatic amines is 1. The highest BCUT2D eigenvalue weighted by Gasteiger charge is 2.30. The zero-order valence-electron chi connectivity index (χ0n) is 13.5. The van der Waals surface area contributed by atoms with Crippen LogP contribution in [0, 0.1) is 5.92 Å². The Morgan fingerprint density at radius 1 is 1.22 bits per heavy atom. The molecular weight excluding hydrogens is 288 g/mol. The molecule has 2 saturated heterocycles. The molecule has 3 heterocycles. The van der Waals surface area contributed by atoms with Gasteiger partial charge in [0.15, 0.2) is 0 Å². The normalized spacial score (nSPS) is 22.8. The Kier molecular flexibility index (Phi) is 4.08. The summed E-state index contributed by atoms with van der Waals surface area (Å²) in [5.41, 5.74) is 2.62. The number of carbonyl (C=O) groups is 1. The molecule has 1 aromatic heterocycles. The van der Waals surface area contributed by atoms with Gasteiger partial charge < -0.3 is 14.6 Å². The summed E-state index contributed by atoms with van der Waals surface area (Å²) in [6.07, 6.45) is 7.19. The van der Waals surface area contributed by atoms with Crippen LogP contribution < -0.4 is 0 Å². The number of hydrogen-bond acceptors (Lipinski definition) is 2.